The van der Waals surface area contributed by atoms with Gasteiger partial charge in [0.1, 0.15) is 11.5 Å². The normalized spacial score (nSPS) is 15.2. The summed E-state index contributed by atoms with van der Waals surface area (Å²) < 4.78 is 16.4. The van der Waals surface area contributed by atoms with Crippen molar-refractivity contribution in [3.8, 4) is 34.6 Å². The van der Waals surface area contributed by atoms with E-state index in [2.05, 4.69) is 0 Å². The van der Waals surface area contributed by atoms with Crippen LogP contribution in [-0.4, -0.2) is 56.7 Å². The molecule has 4 aromatic carbocycles. The van der Waals surface area contributed by atoms with Crippen molar-refractivity contribution in [2.24, 2.45) is 21.7 Å². The number of nitrogens with two attached hydrogens (primary N) is 2. The Bertz CT molecular complexity index is 2990. The molecule has 2 aliphatic heterocycles. The lowest BCUT2D eigenvalue weighted by atomic mass is 10.0. The number of aryl methyl sites for hydroxylation is 2. The number of thiophene rings is 2. The van der Waals surface area contributed by atoms with Gasteiger partial charge in [-0.1, -0.05) is 94.9 Å². The second-order valence-corrected chi connectivity index (χ2v) is 19.7. The Hall–Kier alpha value is -5.86. The molecule has 0 saturated heterocycles. The Morgan fingerprint density at radius 3 is 1.30 bits per heavy atom. The minimum Gasteiger partial charge on any atom is -0.437 e. The topological polar surface area (TPSA) is 169 Å². The lowest BCUT2D eigenvalue weighted by Crippen LogP contribution is -2.32. The third kappa shape index (κ3) is 10.5. The number of rotatable bonds is 10. The highest BCUT2D eigenvalue weighted by Crippen LogP contribution is 2.45. The molecule has 0 bridgehead atoms. The van der Waals surface area contributed by atoms with Crippen molar-refractivity contribution < 1.29 is 14.9 Å². The highest BCUT2D eigenvalue weighted by atomic mass is 35.5. The maximum Gasteiger partial charge on any atom is 0.228 e. The van der Waals surface area contributed by atoms with Gasteiger partial charge in [0.25, 0.3) is 0 Å². The standard InChI is InChI=1S/2C24H19Cl2N5OS2.H2O/c2*1-14-22(19-13-18(21-8-5-11-34-21)29-31(19)24(27)33)23(30(28-14)16-6-3-2-4-7-16)32-20-10-9-15(25)12-17(20)26;/h2*2-12,19H,13H2,1H3,(H2,27,33);1H2/t2*19-;/m11./s1. The molecular weight excluding hydrogens is 1030 g/mol. The van der Waals surface area contributed by atoms with E-state index < -0.39 is 0 Å². The first-order valence-electron chi connectivity index (χ1n) is 20.8. The zero-order valence-corrected chi connectivity index (χ0v) is 42.8. The van der Waals surface area contributed by atoms with E-state index in [9.17, 15) is 0 Å². The van der Waals surface area contributed by atoms with Crippen LogP contribution in [0.1, 0.15) is 57.2 Å². The summed E-state index contributed by atoms with van der Waals surface area (Å²) in [5.74, 6) is 1.95. The Morgan fingerprint density at radius 2 is 0.971 bits per heavy atom. The van der Waals surface area contributed by atoms with Gasteiger partial charge in [0.05, 0.1) is 77.2 Å². The van der Waals surface area contributed by atoms with Crippen LogP contribution in [-0.2, 0) is 0 Å². The van der Waals surface area contributed by atoms with E-state index in [-0.39, 0.29) is 27.8 Å². The van der Waals surface area contributed by atoms with Crippen molar-refractivity contribution in [3.63, 3.8) is 0 Å². The van der Waals surface area contributed by atoms with Gasteiger partial charge in [-0.05, 0) is 122 Å². The zero-order valence-electron chi connectivity index (χ0n) is 36.5. The average Bonchev–Trinajstić information content (AvgIpc) is 4.19. The average molecular weight is 1070 g/mol. The summed E-state index contributed by atoms with van der Waals surface area (Å²) in [5.41, 5.74) is 18.9. The molecule has 0 spiro atoms. The van der Waals surface area contributed by atoms with Crippen molar-refractivity contribution in [1.82, 2.24) is 29.6 Å². The highest BCUT2D eigenvalue weighted by Gasteiger charge is 2.39. The first kappa shape index (κ1) is 49.6. The molecule has 6 heterocycles. The molecule has 0 fully saturated rings. The fourth-order valence-corrected chi connectivity index (χ4v) is 10.5. The number of thiocarbonyl (C=S) groups is 2. The van der Waals surface area contributed by atoms with Gasteiger partial charge in [-0.15, -0.1) is 22.7 Å². The maximum atomic E-state index is 6.45. The van der Waals surface area contributed by atoms with Crippen LogP contribution < -0.4 is 20.9 Å². The number of nitrogens with zero attached hydrogens (tertiary/aromatic N) is 8. The number of hydrazone groups is 2. The summed E-state index contributed by atoms with van der Waals surface area (Å²) in [4.78, 5) is 2.14. The Morgan fingerprint density at radius 1 is 0.580 bits per heavy atom. The summed E-state index contributed by atoms with van der Waals surface area (Å²) in [7, 11) is 0. The largest absolute Gasteiger partial charge is 0.437 e. The van der Waals surface area contributed by atoms with Crippen LogP contribution in [0.3, 0.4) is 0 Å². The number of para-hydroxylation sites is 2. The molecule has 10 rings (SSSR count). The van der Waals surface area contributed by atoms with Crippen LogP contribution >= 0.6 is 93.5 Å². The summed E-state index contributed by atoms with van der Waals surface area (Å²) in [6.07, 6.45) is 1.20. The van der Waals surface area contributed by atoms with Crippen LogP contribution in [0.5, 0.6) is 23.3 Å². The van der Waals surface area contributed by atoms with Crippen LogP contribution in [0, 0.1) is 13.8 Å². The molecule has 0 aliphatic carbocycles. The number of hydrogen-bond donors (Lipinski definition) is 2. The van der Waals surface area contributed by atoms with E-state index in [1.54, 1.807) is 78.5 Å². The predicted molar refractivity (Wildman–Crippen MR) is 287 cm³/mol. The van der Waals surface area contributed by atoms with Gasteiger partial charge in [0.2, 0.25) is 11.8 Å². The molecule has 0 radical (unpaired) electrons. The molecule has 8 aromatic rings. The van der Waals surface area contributed by atoms with E-state index in [0.717, 1.165) is 55.1 Å². The van der Waals surface area contributed by atoms with Crippen molar-refractivity contribution in [3.05, 3.63) is 184 Å². The smallest absolute Gasteiger partial charge is 0.228 e. The predicted octanol–water partition coefficient (Wildman–Crippen LogP) is 12.6. The van der Waals surface area contributed by atoms with Crippen molar-refractivity contribution >= 4 is 115 Å². The van der Waals surface area contributed by atoms with E-state index in [0.29, 0.717) is 56.2 Å². The van der Waals surface area contributed by atoms with E-state index >= 15 is 0 Å². The lowest BCUT2D eigenvalue weighted by Gasteiger charge is -2.23. The number of benzene rings is 4. The second kappa shape index (κ2) is 21.4. The molecule has 0 unspecified atom stereocenters. The van der Waals surface area contributed by atoms with Gasteiger partial charge in [0.15, 0.2) is 10.2 Å². The third-order valence-corrected chi connectivity index (χ3v) is 14.2. The van der Waals surface area contributed by atoms with Gasteiger partial charge in [0, 0.05) is 22.9 Å². The first-order chi connectivity index (χ1) is 32.8. The first-order valence-corrected chi connectivity index (χ1v) is 24.9. The molecule has 0 amide bonds. The van der Waals surface area contributed by atoms with E-state index in [1.807, 2.05) is 110 Å². The van der Waals surface area contributed by atoms with Crippen LogP contribution in [0.15, 0.2) is 142 Å². The van der Waals surface area contributed by atoms with E-state index in [4.69, 9.17) is 112 Å². The quantitative estimate of drug-likeness (QED) is 0.126. The molecule has 0 saturated carbocycles. The summed E-state index contributed by atoms with van der Waals surface area (Å²) in [5, 5.41) is 28.7. The SMILES string of the molecule is Cc1nn(-c2ccccc2)c(Oc2ccc(Cl)cc2Cl)c1[C@H]1CC(c2cccs2)=NN1C(N)=S.Cc1nn(-c2ccccc2)c(Oc2ccc(Cl)cc2Cl)c1[C@H]1CC(c2cccs2)=NN1C(N)=S.O. The molecule has 21 heteroatoms. The number of aromatic nitrogens is 4. The molecule has 13 nitrogen and oxygen atoms in total. The van der Waals surface area contributed by atoms with Crippen molar-refractivity contribution in [1.29, 1.82) is 0 Å². The zero-order chi connectivity index (χ0) is 47.6. The van der Waals surface area contributed by atoms with Crippen molar-refractivity contribution in [2.45, 2.75) is 38.8 Å². The molecule has 352 valence electrons. The fourth-order valence-electron chi connectivity index (χ4n) is 7.87. The summed E-state index contributed by atoms with van der Waals surface area (Å²) in [6.45, 7) is 3.87. The minimum absolute atomic E-state index is 0. The fraction of sp³-hybridized carbons (Fsp3) is 0.125. The Kier molecular flexibility index (Phi) is 15.4. The van der Waals surface area contributed by atoms with Gasteiger partial charge < -0.3 is 26.4 Å². The van der Waals surface area contributed by atoms with Crippen LogP contribution in [0.4, 0.5) is 0 Å². The van der Waals surface area contributed by atoms with Crippen LogP contribution in [0.2, 0.25) is 20.1 Å². The second-order valence-electron chi connectivity index (χ2n) is 15.3. The number of halogens is 4. The highest BCUT2D eigenvalue weighted by molar-refractivity contribution is 7.80. The van der Waals surface area contributed by atoms with Crippen molar-refractivity contribution in [2.75, 3.05) is 0 Å². The molecular formula is C48H40Cl4N10O3S4. The Labute approximate surface area is 436 Å². The van der Waals surface area contributed by atoms with Gasteiger partial charge in [-0.3, -0.25) is 0 Å². The summed E-state index contributed by atoms with van der Waals surface area (Å²) in [6, 6.07) is 37.2. The monoisotopic (exact) mass is 1070 g/mol. The van der Waals surface area contributed by atoms with Gasteiger partial charge in [-0.2, -0.15) is 20.4 Å². The molecule has 4 aromatic heterocycles. The molecule has 6 N–H and O–H groups in total. The van der Waals surface area contributed by atoms with E-state index in [1.165, 1.54) is 0 Å². The number of hydrogen-bond acceptors (Lipinski definition) is 10. The van der Waals surface area contributed by atoms with Gasteiger partial charge >= 0.3 is 0 Å². The third-order valence-electron chi connectivity index (χ3n) is 10.9. The van der Waals surface area contributed by atoms with Crippen LogP contribution in [0.25, 0.3) is 11.4 Å². The Balaban J connectivity index is 0.000000183. The lowest BCUT2D eigenvalue weighted by molar-refractivity contribution is 0.355. The van der Waals surface area contributed by atoms with Gasteiger partial charge in [-0.25, -0.2) is 19.4 Å². The molecule has 69 heavy (non-hydrogen) atoms. The molecule has 2 aliphatic rings. The minimum atomic E-state index is -0.284. The maximum absolute atomic E-state index is 6.45. The summed E-state index contributed by atoms with van der Waals surface area (Å²) >= 11 is 39.1. The molecule has 2 atom stereocenters. The number of ether oxygens (including phenoxy) is 2.